The van der Waals surface area contributed by atoms with E-state index in [1.165, 1.54) is 11.1 Å². The van der Waals surface area contributed by atoms with E-state index in [4.69, 9.17) is 17.0 Å². The fraction of sp³-hybridized carbons (Fsp3) is 0.273. The van der Waals surface area contributed by atoms with Gasteiger partial charge in [-0.3, -0.25) is 9.78 Å². The lowest BCUT2D eigenvalue weighted by Gasteiger charge is -2.00. The quantitative estimate of drug-likeness (QED) is 0.768. The van der Waals surface area contributed by atoms with Gasteiger partial charge in [-0.25, -0.2) is 0 Å². The van der Waals surface area contributed by atoms with Crippen LogP contribution in [0.4, 0.5) is 0 Å². The molecule has 0 atom stereocenters. The molecule has 82 valence electrons. The van der Waals surface area contributed by atoms with Crippen molar-refractivity contribution in [2.75, 3.05) is 0 Å². The molecular weight excluding hydrogens is 222 g/mol. The molecule has 2 heterocycles. The summed E-state index contributed by atoms with van der Waals surface area (Å²) in [5.41, 5.74) is 3.55. The molecular formula is C11H11N3OS. The van der Waals surface area contributed by atoms with Crippen LogP contribution in [0.5, 0.6) is 0 Å². The number of rotatable bonds is 1. The van der Waals surface area contributed by atoms with Crippen LogP contribution in [0.15, 0.2) is 18.2 Å². The summed E-state index contributed by atoms with van der Waals surface area (Å²) in [6.45, 7) is 1.41. The lowest BCUT2D eigenvalue weighted by molar-refractivity contribution is 0.134. The lowest BCUT2D eigenvalue weighted by Crippen LogP contribution is -1.90. The van der Waals surface area contributed by atoms with E-state index in [2.05, 4.69) is 22.2 Å². The summed E-state index contributed by atoms with van der Waals surface area (Å²) in [5.74, 6) is 0.808. The Hall–Kier alpha value is -1.46. The van der Waals surface area contributed by atoms with Crippen LogP contribution in [0.3, 0.4) is 0 Å². The molecule has 0 spiro atoms. The monoisotopic (exact) mass is 233 g/mol. The Morgan fingerprint density at radius 1 is 1.38 bits per heavy atom. The highest BCUT2D eigenvalue weighted by atomic mass is 32.1. The molecule has 16 heavy (non-hydrogen) atoms. The summed E-state index contributed by atoms with van der Waals surface area (Å²) >= 11 is 5.07. The molecule has 0 bridgehead atoms. The Bertz CT molecular complexity index is 600. The third-order valence-corrected chi connectivity index (χ3v) is 3.13. The molecule has 0 saturated carbocycles. The Morgan fingerprint density at radius 2 is 2.19 bits per heavy atom. The van der Waals surface area contributed by atoms with Crippen molar-refractivity contribution in [3.05, 3.63) is 34.1 Å². The molecule has 3 rings (SSSR count). The largest absolute Gasteiger partial charge is 0.372 e. The second kappa shape index (κ2) is 3.54. The third kappa shape index (κ3) is 1.48. The van der Waals surface area contributed by atoms with Gasteiger partial charge >= 0.3 is 0 Å². The summed E-state index contributed by atoms with van der Waals surface area (Å²) in [6, 6.07) is 6.24. The number of aryl methyl sites for hydroxylation is 1. The van der Waals surface area contributed by atoms with Crippen LogP contribution in [-0.2, 0) is 25.0 Å². The van der Waals surface area contributed by atoms with Crippen LogP contribution < -0.4 is 0 Å². The molecule has 0 aliphatic carbocycles. The van der Waals surface area contributed by atoms with Crippen molar-refractivity contribution in [1.82, 2.24) is 14.8 Å². The Morgan fingerprint density at radius 3 is 2.94 bits per heavy atom. The Kier molecular flexibility index (Phi) is 2.15. The van der Waals surface area contributed by atoms with Crippen LogP contribution in [0.25, 0.3) is 11.4 Å². The summed E-state index contributed by atoms with van der Waals surface area (Å²) in [7, 11) is 1.86. The molecule has 0 amide bonds. The van der Waals surface area contributed by atoms with E-state index in [0.29, 0.717) is 18.0 Å². The molecule has 0 fully saturated rings. The van der Waals surface area contributed by atoms with Gasteiger partial charge in [-0.2, -0.15) is 4.98 Å². The number of hydrogen-bond acceptors (Lipinski definition) is 3. The average molecular weight is 233 g/mol. The van der Waals surface area contributed by atoms with Gasteiger partial charge in [-0.15, -0.1) is 0 Å². The summed E-state index contributed by atoms with van der Waals surface area (Å²) in [5, 5.41) is 3.11. The number of ether oxygens (including phenoxy) is 1. The lowest BCUT2D eigenvalue weighted by atomic mass is 10.1. The van der Waals surface area contributed by atoms with Crippen molar-refractivity contribution >= 4 is 12.2 Å². The summed E-state index contributed by atoms with van der Waals surface area (Å²) < 4.78 is 7.67. The van der Waals surface area contributed by atoms with Gasteiger partial charge in [0.05, 0.1) is 13.2 Å². The number of nitrogens with one attached hydrogen (secondary N) is 1. The molecule has 4 nitrogen and oxygen atoms in total. The molecule has 0 unspecified atom stereocenters. The first-order valence-electron chi connectivity index (χ1n) is 5.07. The first-order chi connectivity index (χ1) is 7.74. The topological polar surface area (TPSA) is 42.8 Å². The van der Waals surface area contributed by atoms with Gasteiger partial charge in [-0.05, 0) is 29.4 Å². The van der Waals surface area contributed by atoms with Crippen LogP contribution in [0.2, 0.25) is 0 Å². The van der Waals surface area contributed by atoms with Crippen molar-refractivity contribution in [3.8, 4) is 11.4 Å². The number of benzene rings is 1. The highest BCUT2D eigenvalue weighted by Gasteiger charge is 2.12. The van der Waals surface area contributed by atoms with Crippen molar-refractivity contribution in [1.29, 1.82) is 0 Å². The molecule has 5 heteroatoms. The Labute approximate surface area is 97.9 Å². The number of nitrogens with zero attached hydrogens (tertiary/aromatic N) is 2. The highest BCUT2D eigenvalue weighted by Crippen LogP contribution is 2.24. The summed E-state index contributed by atoms with van der Waals surface area (Å²) in [6.07, 6.45) is 0. The first-order valence-corrected chi connectivity index (χ1v) is 5.48. The minimum absolute atomic E-state index is 0.562. The van der Waals surface area contributed by atoms with Gasteiger partial charge in [0, 0.05) is 12.6 Å². The second-order valence-corrected chi connectivity index (χ2v) is 4.26. The molecule has 0 saturated heterocycles. The average Bonchev–Trinajstić information content (AvgIpc) is 2.85. The van der Waals surface area contributed by atoms with E-state index in [-0.39, 0.29) is 0 Å². The SMILES string of the molecule is Cn1[nH]c(-c2ccc3c(c2)COC3)nc1=S. The number of H-pyrrole nitrogens is 1. The highest BCUT2D eigenvalue weighted by molar-refractivity contribution is 7.71. The molecule has 1 aromatic heterocycles. The van der Waals surface area contributed by atoms with Crippen LogP contribution in [0, 0.1) is 4.77 Å². The third-order valence-electron chi connectivity index (χ3n) is 2.76. The van der Waals surface area contributed by atoms with Crippen molar-refractivity contribution in [2.24, 2.45) is 7.05 Å². The van der Waals surface area contributed by atoms with Gasteiger partial charge < -0.3 is 4.74 Å². The van der Waals surface area contributed by atoms with Crippen molar-refractivity contribution < 1.29 is 4.74 Å². The summed E-state index contributed by atoms with van der Waals surface area (Å²) in [4.78, 5) is 4.29. The number of aromatic amines is 1. The maximum Gasteiger partial charge on any atom is 0.216 e. The molecule has 1 aliphatic heterocycles. The molecule has 1 aliphatic rings. The standard InChI is InChI=1S/C11H11N3OS/c1-14-11(16)12-10(13-14)7-2-3-8-5-15-6-9(8)4-7/h2-4H,5-6H2,1H3,(H,12,13,16). The second-order valence-electron chi connectivity index (χ2n) is 3.89. The number of aromatic nitrogens is 3. The van der Waals surface area contributed by atoms with Crippen molar-refractivity contribution in [3.63, 3.8) is 0 Å². The van der Waals surface area contributed by atoms with Gasteiger partial charge in [0.25, 0.3) is 0 Å². The van der Waals surface area contributed by atoms with Gasteiger partial charge in [0.15, 0.2) is 5.82 Å². The molecule has 0 radical (unpaired) electrons. The van der Waals surface area contributed by atoms with Crippen LogP contribution >= 0.6 is 12.2 Å². The zero-order valence-electron chi connectivity index (χ0n) is 8.86. The smallest absolute Gasteiger partial charge is 0.216 e. The van der Waals surface area contributed by atoms with E-state index in [9.17, 15) is 0 Å². The van der Waals surface area contributed by atoms with E-state index in [1.807, 2.05) is 13.1 Å². The van der Waals surface area contributed by atoms with Crippen LogP contribution in [0.1, 0.15) is 11.1 Å². The molecule has 2 aromatic rings. The van der Waals surface area contributed by atoms with Gasteiger partial charge in [0.2, 0.25) is 4.77 Å². The fourth-order valence-corrected chi connectivity index (χ4v) is 1.99. The predicted molar refractivity (Wildman–Crippen MR) is 62.3 cm³/mol. The molecule has 1 N–H and O–H groups in total. The predicted octanol–water partition coefficient (Wildman–Crippen LogP) is 2.17. The molecule has 1 aromatic carbocycles. The zero-order chi connectivity index (χ0) is 11.1. The fourth-order valence-electron chi connectivity index (χ4n) is 1.85. The maximum atomic E-state index is 5.38. The van der Waals surface area contributed by atoms with Gasteiger partial charge in [0.1, 0.15) is 0 Å². The van der Waals surface area contributed by atoms with Gasteiger partial charge in [-0.1, -0.05) is 12.1 Å². The van der Waals surface area contributed by atoms with E-state index in [1.54, 1.807) is 4.68 Å². The first kappa shape index (κ1) is 9.74. The zero-order valence-corrected chi connectivity index (χ0v) is 9.67. The number of hydrogen-bond donors (Lipinski definition) is 1. The number of fused-ring (bicyclic) bond motifs is 1. The van der Waals surface area contributed by atoms with Crippen molar-refractivity contribution in [2.45, 2.75) is 13.2 Å². The normalized spacial score (nSPS) is 14.1. The van der Waals surface area contributed by atoms with Crippen LogP contribution in [-0.4, -0.2) is 14.8 Å². The van der Waals surface area contributed by atoms with E-state index < -0.39 is 0 Å². The van der Waals surface area contributed by atoms with E-state index in [0.717, 1.165) is 11.4 Å². The minimum Gasteiger partial charge on any atom is -0.372 e. The Balaban J connectivity index is 2.10. The van der Waals surface area contributed by atoms with E-state index >= 15 is 0 Å². The minimum atomic E-state index is 0.562. The maximum absolute atomic E-state index is 5.38.